The summed E-state index contributed by atoms with van der Waals surface area (Å²) in [5.74, 6) is 2.33. The van der Waals surface area contributed by atoms with Gasteiger partial charge in [-0.2, -0.15) is 0 Å². The molecular formula is C55H41N5. The molecular weight excluding hydrogens is 731 g/mol. The van der Waals surface area contributed by atoms with E-state index in [-0.39, 0.29) is 11.8 Å². The van der Waals surface area contributed by atoms with Crippen molar-refractivity contribution in [3.63, 3.8) is 0 Å². The van der Waals surface area contributed by atoms with Crippen molar-refractivity contribution < 1.29 is 0 Å². The van der Waals surface area contributed by atoms with E-state index in [1.165, 1.54) is 16.7 Å². The molecule has 8 aromatic rings. The van der Waals surface area contributed by atoms with Gasteiger partial charge in [-0.1, -0.05) is 152 Å². The summed E-state index contributed by atoms with van der Waals surface area (Å²) in [6.45, 7) is 0. The van der Waals surface area contributed by atoms with E-state index >= 15 is 0 Å². The Balaban J connectivity index is 1.07. The SMILES string of the molecule is C1=CCC(c2nc(-c3ccc(-c4ccc(-c5ccccc5)cc4)cc3)nc(-c3cc(C4=CC(c5cccnc5)CC=C4)cc(-c4cccc(-c5cccnc5)c4)c3)n2)C=C1. The third kappa shape index (κ3) is 7.94. The molecule has 0 N–H and O–H groups in total. The van der Waals surface area contributed by atoms with Crippen molar-refractivity contribution in [2.45, 2.75) is 24.7 Å². The summed E-state index contributed by atoms with van der Waals surface area (Å²) < 4.78 is 0. The Morgan fingerprint density at radius 3 is 1.67 bits per heavy atom. The molecule has 0 saturated heterocycles. The van der Waals surface area contributed by atoms with Crippen LogP contribution in [0.4, 0.5) is 0 Å². The highest BCUT2D eigenvalue weighted by Gasteiger charge is 2.20. The van der Waals surface area contributed by atoms with Crippen LogP contribution in [-0.4, -0.2) is 24.9 Å². The molecule has 0 fully saturated rings. The number of nitrogens with zero attached hydrogens (tertiary/aromatic N) is 5. The molecule has 2 aliphatic carbocycles. The lowest BCUT2D eigenvalue weighted by Gasteiger charge is -2.19. The van der Waals surface area contributed by atoms with Gasteiger partial charge < -0.3 is 0 Å². The number of rotatable bonds is 9. The molecule has 0 amide bonds. The Morgan fingerprint density at radius 1 is 0.400 bits per heavy atom. The highest BCUT2D eigenvalue weighted by Crippen LogP contribution is 2.37. The quantitative estimate of drug-likeness (QED) is 0.146. The zero-order valence-electron chi connectivity index (χ0n) is 33.0. The third-order valence-corrected chi connectivity index (χ3v) is 11.3. The molecule has 2 aliphatic rings. The van der Waals surface area contributed by atoms with Crippen molar-refractivity contribution >= 4 is 5.57 Å². The van der Waals surface area contributed by atoms with Gasteiger partial charge in [-0.3, -0.25) is 9.97 Å². The molecule has 3 heterocycles. The summed E-state index contributed by atoms with van der Waals surface area (Å²) in [6, 6.07) is 51.5. The highest BCUT2D eigenvalue weighted by atomic mass is 15.0. The molecule has 5 heteroatoms. The predicted octanol–water partition coefficient (Wildman–Crippen LogP) is 13.4. The Kier molecular flexibility index (Phi) is 10.2. The number of allylic oxidation sites excluding steroid dienone is 8. The van der Waals surface area contributed by atoms with Gasteiger partial charge >= 0.3 is 0 Å². The maximum absolute atomic E-state index is 5.25. The Hall–Kier alpha value is -7.63. The molecule has 0 aliphatic heterocycles. The minimum absolute atomic E-state index is 0.0425. The molecule has 3 aromatic heterocycles. The lowest BCUT2D eigenvalue weighted by molar-refractivity contribution is 0.764. The maximum Gasteiger partial charge on any atom is 0.163 e. The average Bonchev–Trinajstić information content (AvgIpc) is 3.35. The monoisotopic (exact) mass is 771 g/mol. The summed E-state index contributed by atoms with van der Waals surface area (Å²) in [5.41, 5.74) is 14.4. The van der Waals surface area contributed by atoms with Crippen LogP contribution in [0.2, 0.25) is 0 Å². The summed E-state index contributed by atoms with van der Waals surface area (Å²) in [5, 5.41) is 0. The molecule has 2 unspecified atom stereocenters. The first-order valence-corrected chi connectivity index (χ1v) is 20.5. The van der Waals surface area contributed by atoms with Crippen LogP contribution < -0.4 is 0 Å². The minimum Gasteiger partial charge on any atom is -0.264 e. The fraction of sp³-hybridized carbons (Fsp3) is 0.0727. The van der Waals surface area contributed by atoms with Gasteiger partial charge in [0, 0.05) is 53.3 Å². The van der Waals surface area contributed by atoms with Gasteiger partial charge in [-0.15, -0.1) is 0 Å². The van der Waals surface area contributed by atoms with Crippen LogP contribution in [0, 0.1) is 0 Å². The van der Waals surface area contributed by atoms with E-state index in [2.05, 4.69) is 180 Å². The van der Waals surface area contributed by atoms with Crippen LogP contribution in [-0.2, 0) is 0 Å². The third-order valence-electron chi connectivity index (χ3n) is 11.3. The van der Waals surface area contributed by atoms with Crippen LogP contribution in [0.3, 0.4) is 0 Å². The van der Waals surface area contributed by atoms with E-state index in [1.54, 1.807) is 0 Å². The zero-order valence-corrected chi connectivity index (χ0v) is 33.0. The minimum atomic E-state index is 0.0425. The molecule has 0 spiro atoms. The molecule has 60 heavy (non-hydrogen) atoms. The van der Waals surface area contributed by atoms with Gasteiger partial charge in [0.2, 0.25) is 0 Å². The summed E-state index contributed by atoms with van der Waals surface area (Å²) in [6.07, 6.45) is 24.7. The second-order valence-corrected chi connectivity index (χ2v) is 15.3. The predicted molar refractivity (Wildman–Crippen MR) is 245 cm³/mol. The van der Waals surface area contributed by atoms with Crippen molar-refractivity contribution in [3.05, 3.63) is 230 Å². The van der Waals surface area contributed by atoms with Crippen molar-refractivity contribution in [2.75, 3.05) is 0 Å². The Labute approximate surface area is 351 Å². The largest absolute Gasteiger partial charge is 0.264 e. The van der Waals surface area contributed by atoms with Gasteiger partial charge in [0.1, 0.15) is 5.82 Å². The maximum atomic E-state index is 5.25. The molecule has 0 bridgehead atoms. The number of aromatic nitrogens is 5. The standard InChI is InChI=1S/C55H41N5/c1-3-11-38(12-4-1)39-21-23-40(24-22-39)41-25-27-43(28-26-41)54-58-53(42-13-5-2-6-14-42)59-55(60-54)52-34-50(46-17-7-15-44(31-46)48-19-9-29-56-36-48)33-51(35-52)47-18-8-16-45(32-47)49-20-10-30-57-37-49/h1-13,15,17-37,42,45H,14,16H2. The number of hydrogen-bond acceptors (Lipinski definition) is 5. The Bertz CT molecular complexity index is 2900. The first kappa shape index (κ1) is 36.7. The molecule has 10 rings (SSSR count). The lowest BCUT2D eigenvalue weighted by Crippen LogP contribution is -2.08. The summed E-state index contributed by atoms with van der Waals surface area (Å²) in [7, 11) is 0. The van der Waals surface area contributed by atoms with Gasteiger partial charge in [-0.05, 0) is 105 Å². The van der Waals surface area contributed by atoms with Crippen LogP contribution in [0.25, 0.3) is 72.9 Å². The van der Waals surface area contributed by atoms with Crippen LogP contribution in [0.1, 0.15) is 41.6 Å². The van der Waals surface area contributed by atoms with E-state index in [0.717, 1.165) is 74.3 Å². The van der Waals surface area contributed by atoms with E-state index in [0.29, 0.717) is 11.6 Å². The second kappa shape index (κ2) is 16.7. The van der Waals surface area contributed by atoms with Crippen molar-refractivity contribution in [1.82, 2.24) is 24.9 Å². The average molecular weight is 772 g/mol. The normalized spacial score (nSPS) is 15.8. The number of pyridine rings is 2. The summed E-state index contributed by atoms with van der Waals surface area (Å²) >= 11 is 0. The van der Waals surface area contributed by atoms with Crippen LogP contribution in [0.15, 0.2) is 213 Å². The smallest absolute Gasteiger partial charge is 0.163 e. The van der Waals surface area contributed by atoms with Gasteiger partial charge in [0.25, 0.3) is 0 Å². The summed E-state index contributed by atoms with van der Waals surface area (Å²) in [4.78, 5) is 24.4. The van der Waals surface area contributed by atoms with E-state index in [1.807, 2.05) is 43.0 Å². The van der Waals surface area contributed by atoms with E-state index < -0.39 is 0 Å². The van der Waals surface area contributed by atoms with Gasteiger partial charge in [-0.25, -0.2) is 15.0 Å². The van der Waals surface area contributed by atoms with Crippen molar-refractivity contribution in [1.29, 1.82) is 0 Å². The molecule has 286 valence electrons. The molecule has 0 saturated carbocycles. The second-order valence-electron chi connectivity index (χ2n) is 15.3. The molecule has 5 aromatic carbocycles. The van der Waals surface area contributed by atoms with Gasteiger partial charge in [0.05, 0.1) is 0 Å². The molecule has 0 radical (unpaired) electrons. The first-order chi connectivity index (χ1) is 29.7. The van der Waals surface area contributed by atoms with Gasteiger partial charge in [0.15, 0.2) is 11.6 Å². The zero-order chi connectivity index (χ0) is 40.1. The first-order valence-electron chi connectivity index (χ1n) is 20.5. The van der Waals surface area contributed by atoms with Crippen molar-refractivity contribution in [2.24, 2.45) is 0 Å². The highest BCUT2D eigenvalue weighted by molar-refractivity contribution is 5.84. The fourth-order valence-corrected chi connectivity index (χ4v) is 8.09. The Morgan fingerprint density at radius 2 is 0.983 bits per heavy atom. The lowest BCUT2D eigenvalue weighted by atomic mass is 9.86. The van der Waals surface area contributed by atoms with E-state index in [9.17, 15) is 0 Å². The topological polar surface area (TPSA) is 64.5 Å². The van der Waals surface area contributed by atoms with Crippen LogP contribution >= 0.6 is 0 Å². The van der Waals surface area contributed by atoms with Crippen molar-refractivity contribution in [3.8, 4) is 67.3 Å². The number of benzene rings is 5. The van der Waals surface area contributed by atoms with Crippen LogP contribution in [0.5, 0.6) is 0 Å². The fourth-order valence-electron chi connectivity index (χ4n) is 8.09. The molecule has 5 nitrogen and oxygen atoms in total. The number of hydrogen-bond donors (Lipinski definition) is 0. The van der Waals surface area contributed by atoms with E-state index in [4.69, 9.17) is 15.0 Å². The molecule has 2 atom stereocenters.